The Morgan fingerprint density at radius 1 is 1.14 bits per heavy atom. The van der Waals surface area contributed by atoms with Crippen LogP contribution in [0.5, 0.6) is 17.2 Å². The smallest absolute Gasteiger partial charge is 0.271 e. The second-order valence-electron chi connectivity index (χ2n) is 5.43. The fraction of sp³-hybridized carbons (Fsp3) is 0.211. The predicted molar refractivity (Wildman–Crippen MR) is 105 cm³/mol. The molecule has 0 bridgehead atoms. The Bertz CT molecular complexity index is 886. The number of halogens is 1. The van der Waals surface area contributed by atoms with Gasteiger partial charge in [0, 0.05) is 16.1 Å². The lowest BCUT2D eigenvalue weighted by atomic mass is 10.2. The zero-order valence-corrected chi connectivity index (χ0v) is 16.2. The van der Waals surface area contributed by atoms with Gasteiger partial charge in [-0.25, -0.2) is 5.43 Å². The maximum absolute atomic E-state index is 12.3. The van der Waals surface area contributed by atoms with E-state index in [4.69, 9.17) is 31.5 Å². The van der Waals surface area contributed by atoms with Crippen LogP contribution < -0.4 is 25.4 Å². The third kappa shape index (κ3) is 5.88. The Labute approximate surface area is 167 Å². The molecule has 0 fully saturated rings. The molecule has 0 spiro atoms. The van der Waals surface area contributed by atoms with E-state index in [0.717, 1.165) is 0 Å². The van der Waals surface area contributed by atoms with Crippen LogP contribution in [0.15, 0.2) is 41.5 Å². The maximum Gasteiger partial charge on any atom is 0.271 e. The van der Waals surface area contributed by atoms with E-state index in [2.05, 4.69) is 10.5 Å². The zero-order chi connectivity index (χ0) is 20.5. The lowest BCUT2D eigenvalue weighted by Crippen LogP contribution is -2.20. The first-order valence-electron chi connectivity index (χ1n) is 8.29. The average molecular weight is 406 g/mol. The molecule has 0 unspecified atom stereocenters. The fourth-order valence-electron chi connectivity index (χ4n) is 2.21. The normalized spacial score (nSPS) is 10.5. The molecule has 0 aromatic heterocycles. The molecule has 0 radical (unpaired) electrons. The molecule has 28 heavy (non-hydrogen) atoms. The monoisotopic (exact) mass is 405 g/mol. The van der Waals surface area contributed by atoms with Gasteiger partial charge in [-0.2, -0.15) is 5.10 Å². The van der Waals surface area contributed by atoms with E-state index in [1.807, 2.05) is 6.92 Å². The molecule has 0 saturated heterocycles. The van der Waals surface area contributed by atoms with E-state index in [1.165, 1.54) is 13.3 Å². The van der Waals surface area contributed by atoms with Crippen molar-refractivity contribution in [3.8, 4) is 17.2 Å². The molecule has 0 aliphatic rings. The van der Waals surface area contributed by atoms with Crippen molar-refractivity contribution in [3.63, 3.8) is 0 Å². The molecule has 8 nitrogen and oxygen atoms in total. The number of hydrogen-bond acceptors (Lipinski definition) is 6. The molecular weight excluding hydrogens is 386 g/mol. The molecule has 2 aromatic rings. The molecular formula is C19H20ClN3O5. The largest absolute Gasteiger partial charge is 0.493 e. The highest BCUT2D eigenvalue weighted by Gasteiger charge is 2.11. The van der Waals surface area contributed by atoms with Crippen LogP contribution in [0.3, 0.4) is 0 Å². The second kappa shape index (κ2) is 10.2. The number of nitrogens with one attached hydrogen (secondary N) is 1. The van der Waals surface area contributed by atoms with E-state index in [-0.39, 0.29) is 6.61 Å². The van der Waals surface area contributed by atoms with Crippen LogP contribution in [0.2, 0.25) is 5.02 Å². The minimum atomic E-state index is -0.615. The van der Waals surface area contributed by atoms with Gasteiger partial charge in [-0.15, -0.1) is 0 Å². The number of amides is 2. The molecule has 2 aromatic carbocycles. The first-order chi connectivity index (χ1) is 13.4. The van der Waals surface area contributed by atoms with Crippen LogP contribution in [0.4, 0.5) is 0 Å². The SMILES string of the molecule is CCOc1cc(C(=O)N/N=C/c2cc(Cl)ccc2OCC(N)=O)ccc1OC. The summed E-state index contributed by atoms with van der Waals surface area (Å²) in [4.78, 5) is 23.2. The quantitative estimate of drug-likeness (QED) is 0.491. The third-order valence-electron chi connectivity index (χ3n) is 3.44. The van der Waals surface area contributed by atoms with Crippen molar-refractivity contribution in [2.45, 2.75) is 6.92 Å². The second-order valence-corrected chi connectivity index (χ2v) is 5.87. The van der Waals surface area contributed by atoms with Crippen molar-refractivity contribution in [2.24, 2.45) is 10.8 Å². The van der Waals surface area contributed by atoms with Crippen molar-refractivity contribution in [3.05, 3.63) is 52.5 Å². The highest BCUT2D eigenvalue weighted by atomic mass is 35.5. The third-order valence-corrected chi connectivity index (χ3v) is 3.67. The van der Waals surface area contributed by atoms with Gasteiger partial charge in [0.2, 0.25) is 0 Å². The Morgan fingerprint density at radius 2 is 1.89 bits per heavy atom. The Morgan fingerprint density at radius 3 is 2.57 bits per heavy atom. The Kier molecular flexibility index (Phi) is 7.65. The highest BCUT2D eigenvalue weighted by Crippen LogP contribution is 2.28. The van der Waals surface area contributed by atoms with Gasteiger partial charge < -0.3 is 19.9 Å². The summed E-state index contributed by atoms with van der Waals surface area (Å²) < 4.78 is 15.9. The lowest BCUT2D eigenvalue weighted by Gasteiger charge is -2.10. The molecule has 0 aliphatic heterocycles. The van der Waals surface area contributed by atoms with E-state index < -0.39 is 11.8 Å². The number of nitrogens with zero attached hydrogens (tertiary/aromatic N) is 1. The van der Waals surface area contributed by atoms with Gasteiger partial charge in [0.25, 0.3) is 11.8 Å². The van der Waals surface area contributed by atoms with Crippen LogP contribution in [0, 0.1) is 0 Å². The molecule has 9 heteroatoms. The molecule has 3 N–H and O–H groups in total. The number of hydrazone groups is 1. The van der Waals surface area contributed by atoms with Crippen LogP contribution in [-0.2, 0) is 4.79 Å². The summed E-state index contributed by atoms with van der Waals surface area (Å²) in [6, 6.07) is 9.54. The molecule has 0 heterocycles. The predicted octanol–water partition coefficient (Wildman–Crippen LogP) is 2.38. The summed E-state index contributed by atoms with van der Waals surface area (Å²) in [5.74, 6) is 0.275. The van der Waals surface area contributed by atoms with E-state index in [0.29, 0.717) is 40.0 Å². The highest BCUT2D eigenvalue weighted by molar-refractivity contribution is 6.30. The van der Waals surface area contributed by atoms with Crippen molar-refractivity contribution < 1.29 is 23.8 Å². The van der Waals surface area contributed by atoms with Crippen LogP contribution in [0.1, 0.15) is 22.8 Å². The van der Waals surface area contributed by atoms with Crippen molar-refractivity contribution in [1.29, 1.82) is 0 Å². The van der Waals surface area contributed by atoms with Crippen LogP contribution in [-0.4, -0.2) is 38.4 Å². The summed E-state index contributed by atoms with van der Waals surface area (Å²) in [6.45, 7) is 1.97. The van der Waals surface area contributed by atoms with Gasteiger partial charge in [-0.05, 0) is 43.3 Å². The number of ether oxygens (including phenoxy) is 3. The number of carbonyl (C=O) groups excluding carboxylic acids is 2. The first kappa shape index (κ1) is 21.0. The molecule has 2 rings (SSSR count). The molecule has 0 aliphatic carbocycles. The summed E-state index contributed by atoms with van der Waals surface area (Å²) in [5, 5.41) is 4.35. The minimum Gasteiger partial charge on any atom is -0.493 e. The minimum absolute atomic E-state index is 0.291. The molecule has 0 saturated carbocycles. The summed E-state index contributed by atoms with van der Waals surface area (Å²) in [7, 11) is 1.52. The summed E-state index contributed by atoms with van der Waals surface area (Å²) >= 11 is 5.97. The van der Waals surface area contributed by atoms with Gasteiger partial charge >= 0.3 is 0 Å². The maximum atomic E-state index is 12.3. The number of nitrogens with two attached hydrogens (primary N) is 1. The lowest BCUT2D eigenvalue weighted by molar-refractivity contribution is -0.119. The summed E-state index contributed by atoms with van der Waals surface area (Å²) in [6.07, 6.45) is 1.35. The van der Waals surface area contributed by atoms with Gasteiger partial charge in [0.15, 0.2) is 18.1 Å². The van der Waals surface area contributed by atoms with Gasteiger partial charge in [-0.3, -0.25) is 9.59 Å². The number of methoxy groups -OCH3 is 1. The fourth-order valence-corrected chi connectivity index (χ4v) is 2.39. The van der Waals surface area contributed by atoms with Gasteiger partial charge in [0.1, 0.15) is 5.75 Å². The van der Waals surface area contributed by atoms with E-state index in [9.17, 15) is 9.59 Å². The number of primary amides is 1. The molecule has 2 amide bonds. The summed E-state index contributed by atoms with van der Waals surface area (Å²) in [5.41, 5.74) is 8.30. The van der Waals surface area contributed by atoms with Gasteiger partial charge in [-0.1, -0.05) is 11.6 Å². The number of benzene rings is 2. The van der Waals surface area contributed by atoms with Crippen LogP contribution >= 0.6 is 11.6 Å². The zero-order valence-electron chi connectivity index (χ0n) is 15.4. The first-order valence-corrected chi connectivity index (χ1v) is 8.67. The average Bonchev–Trinajstić information content (AvgIpc) is 2.67. The molecule has 0 atom stereocenters. The number of carbonyl (C=O) groups is 2. The van der Waals surface area contributed by atoms with Crippen molar-refractivity contribution >= 4 is 29.6 Å². The Hall–Kier alpha value is -3.26. The Balaban J connectivity index is 2.12. The van der Waals surface area contributed by atoms with E-state index in [1.54, 1.807) is 36.4 Å². The molecule has 148 valence electrons. The number of hydrogen-bond donors (Lipinski definition) is 2. The standard InChI is InChI=1S/C19H20ClN3O5/c1-3-27-17-9-12(4-6-16(17)26-2)19(25)23-22-10-13-8-14(20)5-7-15(13)28-11-18(21)24/h4-10H,3,11H2,1-2H3,(H2,21,24)(H,23,25)/b22-10+. The van der Waals surface area contributed by atoms with Crippen molar-refractivity contribution in [2.75, 3.05) is 20.3 Å². The topological polar surface area (TPSA) is 112 Å². The van der Waals surface area contributed by atoms with Crippen molar-refractivity contribution in [1.82, 2.24) is 5.43 Å². The van der Waals surface area contributed by atoms with E-state index >= 15 is 0 Å². The number of rotatable bonds is 9. The van der Waals surface area contributed by atoms with Gasteiger partial charge in [0.05, 0.1) is 19.9 Å². The van der Waals surface area contributed by atoms with Crippen LogP contribution in [0.25, 0.3) is 0 Å².